The molecule has 1 saturated heterocycles. The molecule has 98 valence electrons. The number of likely N-dealkylation sites (tertiary alicyclic amines) is 1. The van der Waals surface area contributed by atoms with Crippen LogP contribution in [0, 0.1) is 0 Å². The Kier molecular flexibility index (Phi) is 3.59. The Labute approximate surface area is 104 Å². The summed E-state index contributed by atoms with van der Waals surface area (Å²) in [4.78, 5) is 24.5. The van der Waals surface area contributed by atoms with Gasteiger partial charge in [0.15, 0.2) is 5.69 Å². The normalized spacial score (nSPS) is 14.4. The molecule has 1 aromatic rings. The Morgan fingerprint density at radius 3 is 2.61 bits per heavy atom. The smallest absolute Gasteiger partial charge is 0.358 e. The quantitative estimate of drug-likeness (QED) is 0.806. The van der Waals surface area contributed by atoms with Gasteiger partial charge in [-0.3, -0.25) is 4.79 Å². The fraction of sp³-hybridized carbons (Fsp3) is 0.636. The van der Waals surface area contributed by atoms with E-state index in [9.17, 15) is 9.59 Å². The average molecular weight is 252 g/mol. The number of nitrogens with zero attached hydrogens (tertiary/aromatic N) is 4. The van der Waals surface area contributed by atoms with E-state index in [1.54, 1.807) is 4.90 Å². The van der Waals surface area contributed by atoms with Crippen molar-refractivity contribution in [2.75, 3.05) is 13.1 Å². The molecule has 1 N–H and O–H groups in total. The molecule has 0 aliphatic carbocycles. The molecule has 1 fully saturated rings. The lowest BCUT2D eigenvalue weighted by Crippen LogP contribution is -2.44. The van der Waals surface area contributed by atoms with E-state index in [-0.39, 0.29) is 18.1 Å². The van der Waals surface area contributed by atoms with Gasteiger partial charge in [-0.25, -0.2) is 9.48 Å². The third-order valence-electron chi connectivity index (χ3n) is 3.02. The molecule has 0 radical (unpaired) electrons. The summed E-state index contributed by atoms with van der Waals surface area (Å²) in [7, 11) is 0. The summed E-state index contributed by atoms with van der Waals surface area (Å²) in [5, 5.41) is 16.4. The molecule has 0 saturated carbocycles. The lowest BCUT2D eigenvalue weighted by Gasteiger charge is -2.30. The molecule has 2 heterocycles. The maximum absolute atomic E-state index is 11.8. The second-order valence-electron chi connectivity index (χ2n) is 4.33. The number of carbonyl (C=O) groups is 2. The molecule has 18 heavy (non-hydrogen) atoms. The number of carboxylic acids is 1. The summed E-state index contributed by atoms with van der Waals surface area (Å²) < 4.78 is 1.41. The SMILES string of the molecule is CCCc1c(C(=O)O)nnn1CC(=O)N1CCC1. The summed E-state index contributed by atoms with van der Waals surface area (Å²) in [6.45, 7) is 3.58. The summed E-state index contributed by atoms with van der Waals surface area (Å²) in [6.07, 6.45) is 2.37. The zero-order valence-electron chi connectivity index (χ0n) is 10.3. The summed E-state index contributed by atoms with van der Waals surface area (Å²) in [6, 6.07) is 0. The van der Waals surface area contributed by atoms with Gasteiger partial charge < -0.3 is 10.0 Å². The van der Waals surface area contributed by atoms with Gasteiger partial charge in [0.05, 0.1) is 5.69 Å². The first-order valence-corrected chi connectivity index (χ1v) is 6.07. The topological polar surface area (TPSA) is 88.3 Å². The summed E-state index contributed by atoms with van der Waals surface area (Å²) >= 11 is 0. The van der Waals surface area contributed by atoms with Crippen LogP contribution in [0.25, 0.3) is 0 Å². The van der Waals surface area contributed by atoms with Crippen LogP contribution >= 0.6 is 0 Å². The van der Waals surface area contributed by atoms with Crippen molar-refractivity contribution in [3.8, 4) is 0 Å². The van der Waals surface area contributed by atoms with Crippen LogP contribution in [-0.2, 0) is 17.8 Å². The van der Waals surface area contributed by atoms with Gasteiger partial charge in [0.1, 0.15) is 6.54 Å². The molecule has 2 rings (SSSR count). The molecule has 0 spiro atoms. The van der Waals surface area contributed by atoms with Gasteiger partial charge >= 0.3 is 5.97 Å². The van der Waals surface area contributed by atoms with Crippen LogP contribution in [0.15, 0.2) is 0 Å². The van der Waals surface area contributed by atoms with Gasteiger partial charge in [0, 0.05) is 13.1 Å². The Morgan fingerprint density at radius 2 is 2.11 bits per heavy atom. The number of amides is 1. The van der Waals surface area contributed by atoms with Crippen LogP contribution in [0.4, 0.5) is 0 Å². The van der Waals surface area contributed by atoms with E-state index in [0.29, 0.717) is 12.1 Å². The second-order valence-corrected chi connectivity index (χ2v) is 4.33. The van der Waals surface area contributed by atoms with Gasteiger partial charge in [-0.1, -0.05) is 18.6 Å². The number of aromatic carboxylic acids is 1. The third-order valence-corrected chi connectivity index (χ3v) is 3.02. The van der Waals surface area contributed by atoms with E-state index in [0.717, 1.165) is 25.9 Å². The fourth-order valence-electron chi connectivity index (χ4n) is 1.90. The van der Waals surface area contributed by atoms with E-state index in [4.69, 9.17) is 5.11 Å². The van der Waals surface area contributed by atoms with Crippen LogP contribution in [-0.4, -0.2) is 50.0 Å². The molecule has 1 aromatic heterocycles. The summed E-state index contributed by atoms with van der Waals surface area (Å²) in [5.41, 5.74) is 0.479. The molecule has 1 amide bonds. The highest BCUT2D eigenvalue weighted by Gasteiger charge is 2.24. The Balaban J connectivity index is 2.15. The minimum absolute atomic E-state index is 0.0274. The van der Waals surface area contributed by atoms with Crippen LogP contribution in [0.1, 0.15) is 35.9 Å². The molecular weight excluding hydrogens is 236 g/mol. The van der Waals surface area contributed by atoms with Gasteiger partial charge in [-0.05, 0) is 12.8 Å². The molecule has 7 nitrogen and oxygen atoms in total. The van der Waals surface area contributed by atoms with Gasteiger partial charge in [0.2, 0.25) is 5.91 Å². The van der Waals surface area contributed by atoms with Crippen LogP contribution in [0.5, 0.6) is 0 Å². The maximum atomic E-state index is 11.8. The Hall–Kier alpha value is -1.92. The molecule has 0 atom stereocenters. The van der Waals surface area contributed by atoms with Crippen molar-refractivity contribution in [3.05, 3.63) is 11.4 Å². The maximum Gasteiger partial charge on any atom is 0.358 e. The molecule has 1 aliphatic heterocycles. The molecule has 0 bridgehead atoms. The number of hydrogen-bond donors (Lipinski definition) is 1. The lowest BCUT2D eigenvalue weighted by molar-refractivity contribution is -0.135. The minimum atomic E-state index is -1.10. The second kappa shape index (κ2) is 5.16. The standard InChI is InChI=1S/C11H16N4O3/c1-2-4-8-10(11(17)18)12-13-15(8)7-9(16)14-5-3-6-14/h2-7H2,1H3,(H,17,18). The molecular formula is C11H16N4O3. The van der Waals surface area contributed by atoms with E-state index in [2.05, 4.69) is 10.3 Å². The minimum Gasteiger partial charge on any atom is -0.476 e. The first-order valence-electron chi connectivity index (χ1n) is 6.07. The molecule has 0 aromatic carbocycles. The number of carbonyl (C=O) groups excluding carboxylic acids is 1. The number of rotatable bonds is 5. The zero-order valence-corrected chi connectivity index (χ0v) is 10.3. The highest BCUT2D eigenvalue weighted by molar-refractivity contribution is 5.86. The number of hydrogen-bond acceptors (Lipinski definition) is 4. The van der Waals surface area contributed by atoms with Gasteiger partial charge in [0.25, 0.3) is 0 Å². The van der Waals surface area contributed by atoms with Crippen LogP contribution in [0.2, 0.25) is 0 Å². The monoisotopic (exact) mass is 252 g/mol. The number of carboxylic acid groups (broad SMARTS) is 1. The lowest BCUT2D eigenvalue weighted by atomic mass is 10.2. The van der Waals surface area contributed by atoms with Crippen molar-refractivity contribution in [2.45, 2.75) is 32.7 Å². The average Bonchev–Trinajstić information content (AvgIpc) is 2.59. The van der Waals surface area contributed by atoms with Crippen LogP contribution in [0.3, 0.4) is 0 Å². The van der Waals surface area contributed by atoms with Crippen LogP contribution < -0.4 is 0 Å². The van der Waals surface area contributed by atoms with E-state index in [1.807, 2.05) is 6.92 Å². The first kappa shape index (κ1) is 12.5. The van der Waals surface area contributed by atoms with Crippen molar-refractivity contribution in [2.24, 2.45) is 0 Å². The van der Waals surface area contributed by atoms with E-state index in [1.165, 1.54) is 4.68 Å². The van der Waals surface area contributed by atoms with Gasteiger partial charge in [-0.2, -0.15) is 0 Å². The van der Waals surface area contributed by atoms with E-state index < -0.39 is 5.97 Å². The zero-order chi connectivity index (χ0) is 13.1. The highest BCUT2D eigenvalue weighted by atomic mass is 16.4. The Morgan fingerprint density at radius 1 is 1.39 bits per heavy atom. The molecule has 0 unspecified atom stereocenters. The van der Waals surface area contributed by atoms with Crippen molar-refractivity contribution >= 4 is 11.9 Å². The van der Waals surface area contributed by atoms with Gasteiger partial charge in [-0.15, -0.1) is 5.10 Å². The van der Waals surface area contributed by atoms with Crippen molar-refractivity contribution < 1.29 is 14.7 Å². The van der Waals surface area contributed by atoms with Crippen molar-refractivity contribution in [1.29, 1.82) is 0 Å². The van der Waals surface area contributed by atoms with E-state index >= 15 is 0 Å². The first-order chi connectivity index (χ1) is 8.63. The molecule has 7 heteroatoms. The number of aromatic nitrogens is 3. The predicted molar refractivity (Wildman–Crippen MR) is 62.2 cm³/mol. The van der Waals surface area contributed by atoms with Crippen molar-refractivity contribution in [3.63, 3.8) is 0 Å². The highest BCUT2D eigenvalue weighted by Crippen LogP contribution is 2.11. The third kappa shape index (κ3) is 2.34. The Bertz CT molecular complexity index is 465. The fourth-order valence-corrected chi connectivity index (χ4v) is 1.90. The largest absolute Gasteiger partial charge is 0.476 e. The summed E-state index contributed by atoms with van der Waals surface area (Å²) in [5.74, 6) is -1.12. The molecule has 1 aliphatic rings. The predicted octanol–water partition coefficient (Wildman–Crippen LogP) is 0.161. The van der Waals surface area contributed by atoms with Crippen molar-refractivity contribution in [1.82, 2.24) is 19.9 Å².